The van der Waals surface area contributed by atoms with Crippen molar-refractivity contribution in [3.63, 3.8) is 0 Å². The lowest BCUT2D eigenvalue weighted by Gasteiger charge is -2.59. The number of ether oxygens (including phenoxy) is 6. The molecular formula is C82H108F34O20. The Hall–Kier alpha value is -6.66. The minimum Gasteiger partial charge on any atom is -0.462 e. The summed E-state index contributed by atoms with van der Waals surface area (Å²) in [5.74, 6) is -26.0. The van der Waals surface area contributed by atoms with Crippen LogP contribution in [0.15, 0.2) is 36.5 Å². The molecule has 10 saturated carbocycles. The fourth-order valence-electron chi connectivity index (χ4n) is 18.0. The van der Waals surface area contributed by atoms with Gasteiger partial charge in [0.1, 0.15) is 23.4 Å². The maximum Gasteiger partial charge on any atom is 0.426 e. The van der Waals surface area contributed by atoms with Gasteiger partial charge in [-0.3, -0.25) is 14.4 Å². The van der Waals surface area contributed by atoms with E-state index in [1.807, 2.05) is 20.8 Å². The Bertz CT molecular complexity index is 3950. The summed E-state index contributed by atoms with van der Waals surface area (Å²) < 4.78 is 469. The van der Waals surface area contributed by atoms with Crippen LogP contribution in [-0.4, -0.2) is 233 Å². The number of halogens is 34. The van der Waals surface area contributed by atoms with Gasteiger partial charge in [0.25, 0.3) is 22.4 Å². The molecule has 8 bridgehead atoms. The second-order valence-electron chi connectivity index (χ2n) is 38.4. The Balaban J connectivity index is 0.000000431. The molecule has 0 aliphatic heterocycles. The zero-order chi connectivity index (χ0) is 107. The molecule has 20 nitrogen and oxygen atoms in total. The quantitative estimate of drug-likeness (QED) is 0.0204. The van der Waals surface area contributed by atoms with E-state index in [2.05, 4.69) is 33.9 Å². The third-order valence-electron chi connectivity index (χ3n) is 25.8. The largest absolute Gasteiger partial charge is 0.462 e. The van der Waals surface area contributed by atoms with Gasteiger partial charge in [-0.1, -0.05) is 40.5 Å². The average molecular weight is 2060 g/mol. The predicted octanol–water partition coefficient (Wildman–Crippen LogP) is 19.5. The monoisotopic (exact) mass is 2060 g/mol. The number of alkyl halides is 34. The molecule has 10 atom stereocenters. The van der Waals surface area contributed by atoms with Gasteiger partial charge in [0, 0.05) is 53.2 Å². The number of aliphatic hydroxyl groups excluding tert-OH is 2. The van der Waals surface area contributed by atoms with Crippen molar-refractivity contribution in [2.45, 2.75) is 361 Å². The first-order chi connectivity index (χ1) is 60.2. The number of rotatable bonds is 23. The van der Waals surface area contributed by atoms with Gasteiger partial charge >= 0.3 is 109 Å². The molecule has 0 heterocycles. The van der Waals surface area contributed by atoms with E-state index in [9.17, 15) is 209 Å². The molecule has 10 rings (SSSR count). The van der Waals surface area contributed by atoms with E-state index in [0.29, 0.717) is 42.1 Å². The molecule has 136 heavy (non-hydrogen) atoms. The summed E-state index contributed by atoms with van der Waals surface area (Å²) in [6.07, 6.45) is -74.6. The third kappa shape index (κ3) is 28.7. The summed E-state index contributed by atoms with van der Waals surface area (Å²) in [5.41, 5.74) is -28.1. The number of esters is 6. The van der Waals surface area contributed by atoms with Gasteiger partial charge in [-0.15, -0.1) is 0 Å². The van der Waals surface area contributed by atoms with Crippen molar-refractivity contribution in [2.24, 2.45) is 63.6 Å². The van der Waals surface area contributed by atoms with Crippen LogP contribution in [0.2, 0.25) is 0 Å². The van der Waals surface area contributed by atoms with Crippen LogP contribution < -0.4 is 0 Å². The first-order valence-electron chi connectivity index (χ1n) is 41.5. The minimum atomic E-state index is -6.59. The zero-order valence-electron chi connectivity index (χ0n) is 74.6. The van der Waals surface area contributed by atoms with Crippen molar-refractivity contribution in [3.8, 4) is 0 Å². The highest BCUT2D eigenvalue weighted by molar-refractivity contribution is 5.88. The fraction of sp³-hybridized carbons (Fsp3) is 0.854. The van der Waals surface area contributed by atoms with E-state index >= 15 is 0 Å². The summed E-state index contributed by atoms with van der Waals surface area (Å²) in [6, 6.07) is 0. The normalized spacial score (nSPS) is 27.6. The van der Waals surface area contributed by atoms with Crippen LogP contribution in [0.3, 0.4) is 0 Å². The van der Waals surface area contributed by atoms with Crippen LogP contribution in [0.4, 0.5) is 149 Å². The zero-order valence-corrected chi connectivity index (χ0v) is 74.6. The molecule has 0 radical (unpaired) electrons. The standard InChI is InChI=1S/C18H22F12O4.C16H16F12O4.C16H26O3.C14H20O3.C10H15F5O3.C8H9F5O3/c1-4-12(2,3)11(31)34-10-6-8(13(32,15(19,20)21)16(22,23)24)5-9(7-10)14(33,17(25,26)27)18(28,29)30;1-6(2)10(29)32-9-4-7(11(30,13(17,18)19)14(20,21)22)3-8(5-9)12(31,15(23,24)25)16(26,27)28;1-4-14(2,3)13(17)19-16-8-11-5-12(9-16)7-15(18,6-11)10-16;1-9(2)12(15)17-14-6-10-3-11(7-14)5-13(16,4-10)8-14;1-4-8(2,3)7(17)18-5-9(11,12)6(16)10(13,14)15;1-4(2)5(14)16-3-7(9,10)6(15)8(11,12)13/h8-10,32-33H,4-7H2,1-3H3;7-9,30-31H,1,3-5H2,2H3;11-12,18H,4-10H2,1-3H3;10-11,16H,1,3-8H2,2H3;6,16H,4-5H2,1-3H3;6,15H,1,3H2,2H3. The van der Waals surface area contributed by atoms with Gasteiger partial charge in [0.2, 0.25) is 12.2 Å². The van der Waals surface area contributed by atoms with E-state index in [0.717, 1.165) is 71.6 Å². The van der Waals surface area contributed by atoms with Crippen molar-refractivity contribution >= 4 is 35.8 Å². The maximum atomic E-state index is 13.3. The second kappa shape index (κ2) is 41.7. The van der Waals surface area contributed by atoms with Crippen molar-refractivity contribution in [1.29, 1.82) is 0 Å². The summed E-state index contributed by atoms with van der Waals surface area (Å²) in [4.78, 5) is 69.9. The van der Waals surface area contributed by atoms with Gasteiger partial charge in [-0.2, -0.15) is 149 Å². The maximum absolute atomic E-state index is 13.3. The number of aliphatic hydroxyl groups is 8. The molecule has 0 spiro atoms. The third-order valence-corrected chi connectivity index (χ3v) is 25.8. The molecule has 0 aromatic carbocycles. The highest BCUT2D eigenvalue weighted by atomic mass is 19.5. The second-order valence-corrected chi connectivity index (χ2v) is 38.4. The lowest BCUT2D eigenvalue weighted by Crippen LogP contribution is -2.67. The van der Waals surface area contributed by atoms with E-state index in [1.54, 1.807) is 13.8 Å². The SMILES string of the molecule is C=C(C)C(=O)OC12CC3CC(CC(O)(C3)C1)C2.C=C(C)C(=O)OC1CC(C(O)(C(F)(F)F)C(F)(F)F)CC(C(O)(C(F)(F)F)C(F)(F)F)C1.C=C(C)C(=O)OCC(F)(F)C(O)C(F)(F)F.CCC(C)(C)C(=O)OC12CC3CC(CC(O)(C3)C1)C2.CCC(C)(C)C(=O)OC1CC(C(O)(C(F)(F)F)C(F)(F)F)CC(C(O)(C(F)(F)F)C(F)(F)F)C1.CCC(C)(C)C(=O)OCC(F)(F)C(O)C(F)(F)F. The van der Waals surface area contributed by atoms with Gasteiger partial charge in [0.05, 0.1) is 27.4 Å². The minimum absolute atomic E-state index is 0.0184. The Morgan fingerprint density at radius 3 is 0.794 bits per heavy atom. The number of carbonyl (C=O) groups excluding carboxylic acids is 6. The molecule has 0 saturated heterocycles. The van der Waals surface area contributed by atoms with E-state index in [1.165, 1.54) is 47.5 Å². The average Bonchev–Trinajstić information content (AvgIpc) is 0.740. The lowest BCUT2D eigenvalue weighted by molar-refractivity contribution is -0.406. The predicted molar refractivity (Wildman–Crippen MR) is 399 cm³/mol. The van der Waals surface area contributed by atoms with Gasteiger partial charge in [-0.05, 0) is 208 Å². The highest BCUT2D eigenvalue weighted by Crippen LogP contribution is 2.64. The summed E-state index contributed by atoms with van der Waals surface area (Å²) in [7, 11) is 0. The Morgan fingerprint density at radius 1 is 0.324 bits per heavy atom. The lowest BCUT2D eigenvalue weighted by atomic mass is 9.52. The Kier molecular flexibility index (Phi) is 37.9. The van der Waals surface area contributed by atoms with E-state index < -0.39 is 258 Å². The molecule has 10 aliphatic carbocycles. The smallest absolute Gasteiger partial charge is 0.426 e. The fourth-order valence-corrected chi connectivity index (χ4v) is 18.0. The van der Waals surface area contributed by atoms with Crippen LogP contribution in [0.25, 0.3) is 0 Å². The molecule has 0 amide bonds. The molecule has 0 aromatic rings. The molecule has 8 N–H and O–H groups in total. The van der Waals surface area contributed by atoms with Crippen molar-refractivity contribution in [2.75, 3.05) is 13.2 Å². The van der Waals surface area contributed by atoms with Crippen molar-refractivity contribution in [3.05, 3.63) is 36.5 Å². The molecule has 10 aliphatic rings. The van der Waals surface area contributed by atoms with Crippen LogP contribution in [0.1, 0.15) is 218 Å². The van der Waals surface area contributed by atoms with Gasteiger partial charge in [0.15, 0.2) is 13.2 Å². The summed E-state index contributed by atoms with van der Waals surface area (Å²) in [6.45, 7) is 23.9. The van der Waals surface area contributed by atoms with Gasteiger partial charge in [-0.25, -0.2) is 14.4 Å². The topological polar surface area (TPSA) is 320 Å². The van der Waals surface area contributed by atoms with Crippen LogP contribution in [0.5, 0.6) is 0 Å². The first-order valence-corrected chi connectivity index (χ1v) is 41.5. The number of hydrogen-bond donors (Lipinski definition) is 8. The molecule has 794 valence electrons. The summed E-state index contributed by atoms with van der Waals surface area (Å²) in [5, 5.41) is 76.1. The van der Waals surface area contributed by atoms with Crippen molar-refractivity contribution < 1.29 is 247 Å². The Morgan fingerprint density at radius 2 is 0.559 bits per heavy atom. The molecular weight excluding hydrogens is 1950 g/mol. The number of hydrogen-bond acceptors (Lipinski definition) is 20. The van der Waals surface area contributed by atoms with Crippen LogP contribution in [0, 0.1) is 63.6 Å². The molecule has 0 aromatic heterocycles. The number of carbonyl (C=O) groups is 6. The van der Waals surface area contributed by atoms with Crippen molar-refractivity contribution in [1.82, 2.24) is 0 Å². The van der Waals surface area contributed by atoms with Gasteiger partial charge < -0.3 is 69.3 Å². The molecule has 10 unspecified atom stereocenters. The summed E-state index contributed by atoms with van der Waals surface area (Å²) >= 11 is 0. The molecule has 54 heteroatoms. The first kappa shape index (κ1) is 123. The van der Waals surface area contributed by atoms with Crippen LogP contribution >= 0.6 is 0 Å². The van der Waals surface area contributed by atoms with E-state index in [-0.39, 0.29) is 36.0 Å². The van der Waals surface area contributed by atoms with Crippen LogP contribution in [-0.2, 0) is 57.2 Å². The van der Waals surface area contributed by atoms with E-state index in [4.69, 9.17) is 24.4 Å². The highest BCUT2D eigenvalue weighted by Gasteiger charge is 2.81. The Labute approximate surface area is 755 Å². The molecule has 10 fully saturated rings.